The molecule has 5 fully saturated rings. The third-order valence-corrected chi connectivity index (χ3v) is 8.70. The van der Waals surface area contributed by atoms with Crippen molar-refractivity contribution < 1.29 is 19.1 Å². The van der Waals surface area contributed by atoms with Gasteiger partial charge >= 0.3 is 0 Å². The number of amides is 2. The van der Waals surface area contributed by atoms with Crippen molar-refractivity contribution >= 4 is 17.5 Å². The van der Waals surface area contributed by atoms with Gasteiger partial charge in [0.2, 0.25) is 11.8 Å². The minimum atomic E-state index is -0.294. The fourth-order valence-corrected chi connectivity index (χ4v) is 7.52. The third-order valence-electron chi connectivity index (χ3n) is 8.70. The van der Waals surface area contributed by atoms with Gasteiger partial charge in [0, 0.05) is 30.8 Å². The lowest BCUT2D eigenvalue weighted by molar-refractivity contribution is -0.130. The van der Waals surface area contributed by atoms with Gasteiger partial charge in [-0.05, 0) is 80.8 Å². The van der Waals surface area contributed by atoms with Crippen molar-refractivity contribution in [2.24, 2.45) is 29.1 Å². The number of anilines is 1. The predicted octanol–water partition coefficient (Wildman–Crippen LogP) is 3.53. The van der Waals surface area contributed by atoms with Gasteiger partial charge < -0.3 is 19.7 Å². The van der Waals surface area contributed by atoms with E-state index in [1.165, 1.54) is 38.5 Å². The van der Waals surface area contributed by atoms with Gasteiger partial charge in [-0.3, -0.25) is 9.59 Å². The normalized spacial score (nSPS) is 36.5. The first-order valence-corrected chi connectivity index (χ1v) is 12.0. The summed E-state index contributed by atoms with van der Waals surface area (Å²) in [5.41, 5.74) is 1.06. The molecule has 1 aromatic carbocycles. The maximum absolute atomic E-state index is 13.2. The summed E-state index contributed by atoms with van der Waals surface area (Å²) < 4.78 is 11.2. The molecule has 0 spiro atoms. The van der Waals surface area contributed by atoms with E-state index in [0.29, 0.717) is 31.3 Å². The number of carbonyl (C=O) groups excluding carboxylic acids is 2. The van der Waals surface area contributed by atoms with Gasteiger partial charge in [-0.2, -0.15) is 0 Å². The highest BCUT2D eigenvalue weighted by atomic mass is 16.6. The highest BCUT2D eigenvalue weighted by Gasteiger charge is 2.53. The topological polar surface area (TPSA) is 67.9 Å². The molecule has 4 saturated carbocycles. The number of hydrogen-bond acceptors (Lipinski definition) is 4. The molecule has 6 aliphatic rings. The van der Waals surface area contributed by atoms with Crippen LogP contribution in [0.15, 0.2) is 18.2 Å². The second kappa shape index (κ2) is 7.14. The lowest BCUT2D eigenvalue weighted by atomic mass is 9.48. The van der Waals surface area contributed by atoms with Crippen LogP contribution in [0.1, 0.15) is 51.9 Å². The summed E-state index contributed by atoms with van der Waals surface area (Å²) in [6.07, 6.45) is 8.30. The van der Waals surface area contributed by atoms with E-state index in [9.17, 15) is 9.59 Å². The van der Waals surface area contributed by atoms with E-state index in [1.807, 2.05) is 18.2 Å². The maximum atomic E-state index is 13.2. The summed E-state index contributed by atoms with van der Waals surface area (Å²) in [7, 11) is 0. The number of benzene rings is 1. The predicted molar refractivity (Wildman–Crippen MR) is 116 cm³/mol. The molecule has 1 N–H and O–H groups in total. The average molecular weight is 425 g/mol. The van der Waals surface area contributed by atoms with Crippen molar-refractivity contribution in [1.29, 1.82) is 0 Å². The molecule has 2 aliphatic heterocycles. The van der Waals surface area contributed by atoms with E-state index in [-0.39, 0.29) is 35.6 Å². The molecule has 166 valence electrons. The minimum absolute atomic E-state index is 0.000662. The Balaban J connectivity index is 1.13. The van der Waals surface area contributed by atoms with Crippen LogP contribution in [0.25, 0.3) is 0 Å². The first-order chi connectivity index (χ1) is 15.0. The zero-order chi connectivity index (χ0) is 21.2. The molecule has 0 radical (unpaired) electrons. The third kappa shape index (κ3) is 3.30. The standard InChI is InChI=1S/C25H32N2O4/c1-15(25-11-16-6-17(12-25)8-18(7-16)13-25)26-24(29)19-9-23(28)27(14-19)20-2-3-21-22(10-20)31-5-4-30-21/h2-3,10,15-19H,4-9,11-14H2,1H3,(H,26,29). The fraction of sp³-hybridized carbons (Fsp3) is 0.680. The molecule has 2 atom stereocenters. The molecule has 6 nitrogen and oxygen atoms in total. The Morgan fingerprint density at radius 1 is 1.06 bits per heavy atom. The quantitative estimate of drug-likeness (QED) is 0.803. The van der Waals surface area contributed by atoms with Crippen LogP contribution in [0.3, 0.4) is 0 Å². The van der Waals surface area contributed by atoms with E-state index in [0.717, 1.165) is 23.4 Å². The van der Waals surface area contributed by atoms with Crippen molar-refractivity contribution in [2.45, 2.75) is 57.9 Å². The molecular formula is C25H32N2O4. The monoisotopic (exact) mass is 424 g/mol. The van der Waals surface area contributed by atoms with Gasteiger partial charge in [-0.15, -0.1) is 0 Å². The summed E-state index contributed by atoms with van der Waals surface area (Å²) >= 11 is 0. The van der Waals surface area contributed by atoms with Crippen LogP contribution in [0.2, 0.25) is 0 Å². The van der Waals surface area contributed by atoms with Gasteiger partial charge in [0.25, 0.3) is 0 Å². The molecule has 2 amide bonds. The van der Waals surface area contributed by atoms with E-state index in [2.05, 4.69) is 12.2 Å². The molecule has 0 aromatic heterocycles. The number of hydrogen-bond donors (Lipinski definition) is 1. The number of carbonyl (C=O) groups is 2. The molecule has 7 rings (SSSR count). The van der Waals surface area contributed by atoms with Crippen molar-refractivity contribution in [1.82, 2.24) is 5.32 Å². The lowest BCUT2D eigenvalue weighted by Crippen LogP contribution is -2.56. The van der Waals surface area contributed by atoms with Crippen LogP contribution in [0, 0.1) is 29.1 Å². The zero-order valence-electron chi connectivity index (χ0n) is 18.3. The minimum Gasteiger partial charge on any atom is -0.486 e. The molecule has 2 unspecified atom stereocenters. The van der Waals surface area contributed by atoms with Crippen molar-refractivity contribution in [2.75, 3.05) is 24.7 Å². The van der Waals surface area contributed by atoms with Crippen LogP contribution >= 0.6 is 0 Å². The number of fused-ring (bicyclic) bond motifs is 1. The Hall–Kier alpha value is -2.24. The molecule has 1 saturated heterocycles. The van der Waals surface area contributed by atoms with Crippen LogP contribution in [-0.2, 0) is 9.59 Å². The summed E-state index contributed by atoms with van der Waals surface area (Å²) in [5.74, 6) is 3.71. The van der Waals surface area contributed by atoms with Crippen molar-refractivity contribution in [3.8, 4) is 11.5 Å². The summed E-state index contributed by atoms with van der Waals surface area (Å²) in [6, 6.07) is 5.76. The largest absolute Gasteiger partial charge is 0.486 e. The first kappa shape index (κ1) is 19.4. The SMILES string of the molecule is CC(NC(=O)C1CC(=O)N(c2ccc3c(c2)OCCO3)C1)C12CC3CC(CC(C3)C1)C2. The van der Waals surface area contributed by atoms with Gasteiger partial charge in [0.05, 0.1) is 5.92 Å². The van der Waals surface area contributed by atoms with E-state index in [4.69, 9.17) is 9.47 Å². The van der Waals surface area contributed by atoms with E-state index in [1.54, 1.807) is 4.90 Å². The van der Waals surface area contributed by atoms with Gasteiger partial charge in [0.1, 0.15) is 13.2 Å². The average Bonchev–Trinajstić information content (AvgIpc) is 3.14. The van der Waals surface area contributed by atoms with Crippen LogP contribution in [0.4, 0.5) is 5.69 Å². The number of nitrogens with zero attached hydrogens (tertiary/aromatic N) is 1. The highest BCUT2D eigenvalue weighted by molar-refractivity contribution is 6.00. The fourth-order valence-electron chi connectivity index (χ4n) is 7.52. The van der Waals surface area contributed by atoms with E-state index >= 15 is 0 Å². The van der Waals surface area contributed by atoms with Gasteiger partial charge in [-0.25, -0.2) is 0 Å². The van der Waals surface area contributed by atoms with E-state index < -0.39 is 0 Å². The first-order valence-electron chi connectivity index (χ1n) is 12.0. The molecule has 4 aliphatic carbocycles. The summed E-state index contributed by atoms with van der Waals surface area (Å²) in [4.78, 5) is 27.6. The highest BCUT2D eigenvalue weighted by Crippen LogP contribution is 2.61. The van der Waals surface area contributed by atoms with Gasteiger partial charge in [-0.1, -0.05) is 0 Å². The van der Waals surface area contributed by atoms with Crippen molar-refractivity contribution in [3.63, 3.8) is 0 Å². The van der Waals surface area contributed by atoms with Crippen LogP contribution in [0.5, 0.6) is 11.5 Å². The Kier molecular flexibility index (Phi) is 4.48. The Morgan fingerprint density at radius 2 is 1.71 bits per heavy atom. The maximum Gasteiger partial charge on any atom is 0.227 e. The Labute approximate surface area is 183 Å². The number of rotatable bonds is 4. The van der Waals surface area contributed by atoms with Crippen molar-refractivity contribution in [3.05, 3.63) is 18.2 Å². The molecule has 4 bridgehead atoms. The molecule has 6 heteroatoms. The van der Waals surface area contributed by atoms with Crippen LogP contribution < -0.4 is 19.7 Å². The Bertz CT molecular complexity index is 877. The number of ether oxygens (including phenoxy) is 2. The van der Waals surface area contributed by atoms with Crippen LogP contribution in [-0.4, -0.2) is 37.6 Å². The number of nitrogens with one attached hydrogen (secondary N) is 1. The summed E-state index contributed by atoms with van der Waals surface area (Å²) in [6.45, 7) is 3.69. The lowest BCUT2D eigenvalue weighted by Gasteiger charge is -2.59. The zero-order valence-corrected chi connectivity index (χ0v) is 18.3. The molecule has 31 heavy (non-hydrogen) atoms. The second-order valence-electron chi connectivity index (χ2n) is 10.7. The molecule has 1 aromatic rings. The van der Waals surface area contributed by atoms with Gasteiger partial charge in [0.15, 0.2) is 11.5 Å². The Morgan fingerprint density at radius 3 is 2.39 bits per heavy atom. The smallest absolute Gasteiger partial charge is 0.227 e. The summed E-state index contributed by atoms with van der Waals surface area (Å²) in [5, 5.41) is 3.36. The molecule has 2 heterocycles. The molecular weight excluding hydrogens is 392 g/mol. The second-order valence-corrected chi connectivity index (χ2v) is 10.7.